The van der Waals surface area contributed by atoms with E-state index >= 15 is 0 Å². The van der Waals surface area contributed by atoms with Crippen molar-refractivity contribution >= 4 is 21.8 Å². The van der Waals surface area contributed by atoms with Crippen molar-refractivity contribution in [3.8, 4) is 0 Å². The Balaban J connectivity index is 1.59. The molecular weight excluding hydrogens is 546 g/mol. The lowest BCUT2D eigenvalue weighted by molar-refractivity contribution is -0.138. The molecule has 0 radical (unpaired) electrons. The number of nitrogens with zero attached hydrogens (tertiary/aromatic N) is 2. The number of carbonyl (C=O) groups is 1. The Morgan fingerprint density at radius 1 is 1.08 bits per heavy atom. The minimum atomic E-state index is -0.179. The highest BCUT2D eigenvalue weighted by Gasteiger charge is 2.40. The first-order valence-corrected chi connectivity index (χ1v) is 14.7. The summed E-state index contributed by atoms with van der Waals surface area (Å²) in [6.07, 6.45) is 8.55. The zero-order valence-electron chi connectivity index (χ0n) is 23.0. The molecular formula is C30H42BrN3O4. The normalized spacial score (nSPS) is 19.5. The summed E-state index contributed by atoms with van der Waals surface area (Å²) in [5, 5.41) is 3.44. The Kier molecular flexibility index (Phi) is 10.6. The second-order valence-corrected chi connectivity index (χ2v) is 11.5. The third kappa shape index (κ3) is 7.34. The number of halogens is 1. The number of benzene rings is 1. The number of methoxy groups -OCH3 is 2. The molecule has 8 heteroatoms. The highest BCUT2D eigenvalue weighted by atomic mass is 79.9. The lowest BCUT2D eigenvalue weighted by Gasteiger charge is -2.36. The second-order valence-electron chi connectivity index (χ2n) is 10.7. The number of aromatic nitrogens is 1. The van der Waals surface area contributed by atoms with Crippen LogP contribution < -0.4 is 10.9 Å². The van der Waals surface area contributed by atoms with E-state index in [-0.39, 0.29) is 29.3 Å². The van der Waals surface area contributed by atoms with Gasteiger partial charge in [-0.05, 0) is 85.7 Å². The van der Waals surface area contributed by atoms with E-state index < -0.39 is 0 Å². The van der Waals surface area contributed by atoms with Gasteiger partial charge in [-0.2, -0.15) is 0 Å². The second kappa shape index (κ2) is 13.9. The van der Waals surface area contributed by atoms with Crippen molar-refractivity contribution in [2.24, 2.45) is 13.0 Å². The number of nitrogens with one attached hydrogen (secondary N) is 1. The fourth-order valence-corrected chi connectivity index (χ4v) is 6.12. The molecule has 2 fully saturated rings. The number of ether oxygens (including phenoxy) is 2. The summed E-state index contributed by atoms with van der Waals surface area (Å²) in [5.41, 5.74) is 4.68. The molecule has 1 aliphatic heterocycles. The Hall–Kier alpha value is -2.00. The van der Waals surface area contributed by atoms with E-state index in [1.54, 1.807) is 31.9 Å². The number of carbonyl (C=O) groups excluding carboxylic acids is 1. The van der Waals surface area contributed by atoms with E-state index in [9.17, 15) is 9.59 Å². The predicted molar refractivity (Wildman–Crippen MR) is 154 cm³/mol. The van der Waals surface area contributed by atoms with Gasteiger partial charge in [0.25, 0.3) is 5.56 Å². The van der Waals surface area contributed by atoms with Crippen LogP contribution in [0.25, 0.3) is 0 Å². The van der Waals surface area contributed by atoms with Crippen molar-refractivity contribution < 1.29 is 14.3 Å². The lowest BCUT2D eigenvalue weighted by Crippen LogP contribution is -2.47. The van der Waals surface area contributed by atoms with Crippen LogP contribution in [0.15, 0.2) is 39.7 Å². The zero-order chi connectivity index (χ0) is 27.1. The summed E-state index contributed by atoms with van der Waals surface area (Å²) in [4.78, 5) is 28.7. The van der Waals surface area contributed by atoms with Crippen LogP contribution in [-0.2, 0) is 40.7 Å². The third-order valence-electron chi connectivity index (χ3n) is 7.86. The highest BCUT2D eigenvalue weighted by Crippen LogP contribution is 2.37. The molecule has 208 valence electrons. The summed E-state index contributed by atoms with van der Waals surface area (Å²) in [6.45, 7) is 3.55. The molecule has 0 spiro atoms. The largest absolute Gasteiger partial charge is 0.385 e. The van der Waals surface area contributed by atoms with Gasteiger partial charge in [0.2, 0.25) is 5.91 Å². The van der Waals surface area contributed by atoms with Gasteiger partial charge >= 0.3 is 0 Å². The molecule has 2 aromatic rings. The average Bonchev–Trinajstić information content (AvgIpc) is 3.76. The standard InChI is InChI=1S/C30H42BrN3O4/c1-33-13-11-22(18-28(33)35)26-10-12-32-19-27(26)30(36)34(25-8-9-25)20-24-17-21(6-4-14-37-2)16-23(29(24)31)7-5-15-38-3/h11,13,16-18,25-27,32H,4-10,12,14-15,19-20H2,1-3H3. The van der Waals surface area contributed by atoms with Crippen LogP contribution in [0.4, 0.5) is 0 Å². The van der Waals surface area contributed by atoms with Gasteiger partial charge in [0.1, 0.15) is 0 Å². The van der Waals surface area contributed by atoms with Gasteiger partial charge in [0.05, 0.1) is 5.92 Å². The number of aryl methyl sites for hydroxylation is 3. The molecule has 1 aromatic heterocycles. The van der Waals surface area contributed by atoms with Crippen molar-refractivity contribution in [1.82, 2.24) is 14.8 Å². The van der Waals surface area contributed by atoms with E-state index in [1.165, 1.54) is 16.7 Å². The van der Waals surface area contributed by atoms with Crippen LogP contribution in [0.1, 0.15) is 60.3 Å². The molecule has 7 nitrogen and oxygen atoms in total. The molecule has 2 heterocycles. The molecule has 0 bridgehead atoms. The van der Waals surface area contributed by atoms with Crippen molar-refractivity contribution in [2.45, 2.75) is 63.5 Å². The molecule has 1 aliphatic carbocycles. The van der Waals surface area contributed by atoms with Crippen molar-refractivity contribution in [3.05, 3.63) is 67.5 Å². The summed E-state index contributed by atoms with van der Waals surface area (Å²) < 4.78 is 13.3. The van der Waals surface area contributed by atoms with E-state index in [2.05, 4.69) is 38.3 Å². The van der Waals surface area contributed by atoms with Crippen LogP contribution in [0, 0.1) is 5.92 Å². The van der Waals surface area contributed by atoms with Gasteiger partial charge in [-0.3, -0.25) is 9.59 Å². The summed E-state index contributed by atoms with van der Waals surface area (Å²) in [6, 6.07) is 8.56. The zero-order valence-corrected chi connectivity index (χ0v) is 24.6. The molecule has 1 N–H and O–H groups in total. The van der Waals surface area contributed by atoms with Crippen molar-refractivity contribution in [3.63, 3.8) is 0 Å². The smallest absolute Gasteiger partial charge is 0.250 e. The molecule has 2 atom stereocenters. The number of amides is 1. The number of hydrogen-bond acceptors (Lipinski definition) is 5. The molecule has 1 amide bonds. The number of rotatable bonds is 13. The fourth-order valence-electron chi connectivity index (χ4n) is 5.57. The number of piperidine rings is 1. The quantitative estimate of drug-likeness (QED) is 0.356. The highest BCUT2D eigenvalue weighted by molar-refractivity contribution is 9.10. The average molecular weight is 589 g/mol. The van der Waals surface area contributed by atoms with Gasteiger partial charge in [0.15, 0.2) is 0 Å². The van der Waals surface area contributed by atoms with E-state index in [4.69, 9.17) is 9.47 Å². The molecule has 1 saturated carbocycles. The lowest BCUT2D eigenvalue weighted by atomic mass is 9.80. The first-order chi connectivity index (χ1) is 18.4. The summed E-state index contributed by atoms with van der Waals surface area (Å²) >= 11 is 3.90. The summed E-state index contributed by atoms with van der Waals surface area (Å²) in [7, 11) is 5.24. The van der Waals surface area contributed by atoms with Crippen LogP contribution >= 0.6 is 15.9 Å². The summed E-state index contributed by atoms with van der Waals surface area (Å²) in [5.74, 6) is 0.0663. The van der Waals surface area contributed by atoms with Crippen LogP contribution in [0.3, 0.4) is 0 Å². The van der Waals surface area contributed by atoms with E-state index in [0.29, 0.717) is 13.1 Å². The molecule has 38 heavy (non-hydrogen) atoms. The van der Waals surface area contributed by atoms with E-state index in [0.717, 1.165) is 74.7 Å². The predicted octanol–water partition coefficient (Wildman–Crippen LogP) is 4.19. The topological polar surface area (TPSA) is 72.8 Å². The Morgan fingerprint density at radius 3 is 2.47 bits per heavy atom. The van der Waals surface area contributed by atoms with Crippen LogP contribution in [0.2, 0.25) is 0 Å². The third-order valence-corrected chi connectivity index (χ3v) is 8.88. The van der Waals surface area contributed by atoms with Gasteiger partial charge < -0.3 is 24.3 Å². The minimum Gasteiger partial charge on any atom is -0.385 e. The molecule has 4 rings (SSSR count). The maximum absolute atomic E-state index is 14.2. The van der Waals surface area contributed by atoms with Gasteiger partial charge in [-0.25, -0.2) is 0 Å². The van der Waals surface area contributed by atoms with E-state index in [1.807, 2.05) is 12.3 Å². The maximum atomic E-state index is 14.2. The van der Waals surface area contributed by atoms with Gasteiger partial charge in [0, 0.05) is 70.3 Å². The van der Waals surface area contributed by atoms with Crippen LogP contribution in [0.5, 0.6) is 0 Å². The molecule has 1 aromatic carbocycles. The Bertz CT molecular complexity index is 1150. The van der Waals surface area contributed by atoms with Gasteiger partial charge in [-0.15, -0.1) is 0 Å². The first kappa shape index (κ1) is 29.0. The maximum Gasteiger partial charge on any atom is 0.250 e. The fraction of sp³-hybridized carbons (Fsp3) is 0.600. The number of hydrogen-bond donors (Lipinski definition) is 1. The Morgan fingerprint density at radius 2 is 1.79 bits per heavy atom. The van der Waals surface area contributed by atoms with Crippen molar-refractivity contribution in [1.29, 1.82) is 0 Å². The first-order valence-electron chi connectivity index (χ1n) is 13.9. The molecule has 1 saturated heterocycles. The molecule has 2 unspecified atom stereocenters. The number of pyridine rings is 1. The Labute approximate surface area is 235 Å². The van der Waals surface area contributed by atoms with Crippen molar-refractivity contribution in [2.75, 3.05) is 40.5 Å². The minimum absolute atomic E-state index is 0.0264. The SMILES string of the molecule is COCCCc1cc(CCCOC)c(Br)c(CN(C(=O)C2CNCCC2c2ccn(C)c(=O)c2)C2CC2)c1. The van der Waals surface area contributed by atoms with Gasteiger partial charge in [-0.1, -0.05) is 28.1 Å². The van der Waals surface area contributed by atoms with Crippen LogP contribution in [-0.4, -0.2) is 61.9 Å². The monoisotopic (exact) mass is 587 g/mol. The molecule has 2 aliphatic rings.